The van der Waals surface area contributed by atoms with Crippen molar-refractivity contribution in [2.45, 2.75) is 180 Å². The highest BCUT2D eigenvalue weighted by Gasteiger charge is 2.72. The van der Waals surface area contributed by atoms with Crippen LogP contribution in [0.1, 0.15) is 106 Å². The van der Waals surface area contributed by atoms with Crippen molar-refractivity contribution >= 4 is 5.97 Å². The van der Waals surface area contributed by atoms with Gasteiger partial charge in [0.15, 0.2) is 6.29 Å². The first-order valence-corrected chi connectivity index (χ1v) is 20.9. The molecule has 0 aromatic rings. The van der Waals surface area contributed by atoms with E-state index in [1.165, 1.54) is 5.57 Å². The minimum absolute atomic E-state index is 0.135. The van der Waals surface area contributed by atoms with Crippen LogP contribution in [-0.2, 0) is 23.7 Å². The Kier molecular flexibility index (Phi) is 11.0. The first-order chi connectivity index (χ1) is 26.0. The van der Waals surface area contributed by atoms with E-state index in [0.717, 1.165) is 25.7 Å². The van der Waals surface area contributed by atoms with Crippen molar-refractivity contribution in [1.29, 1.82) is 0 Å². The van der Waals surface area contributed by atoms with Gasteiger partial charge in [0.25, 0.3) is 0 Å². The Morgan fingerprint density at radius 1 is 0.714 bits per heavy atom. The first kappa shape index (κ1) is 42.8. The number of esters is 1. The lowest BCUT2D eigenvalue weighted by molar-refractivity contribution is -0.330. The Morgan fingerprint density at radius 3 is 1.91 bits per heavy atom. The third-order valence-corrected chi connectivity index (χ3v) is 17.2. The van der Waals surface area contributed by atoms with Crippen LogP contribution >= 0.6 is 0 Å². The maximum absolute atomic E-state index is 14.6. The van der Waals surface area contributed by atoms with E-state index in [9.17, 15) is 50.8 Å². The molecule has 0 aromatic carbocycles. The van der Waals surface area contributed by atoms with Gasteiger partial charge in [-0.2, -0.15) is 0 Å². The molecule has 7 rings (SSSR count). The predicted molar refractivity (Wildman–Crippen MR) is 199 cm³/mol. The Hall–Kier alpha value is -1.27. The number of allylic oxidation sites excluding steroid dienone is 2. The lowest BCUT2D eigenvalue weighted by Crippen LogP contribution is -2.68. The molecule has 0 spiro atoms. The summed E-state index contributed by atoms with van der Waals surface area (Å²) >= 11 is 0. The predicted octanol–water partition coefficient (Wildman–Crippen LogP) is 1.29. The summed E-state index contributed by atoms with van der Waals surface area (Å²) < 4.78 is 23.7. The molecule has 6 fully saturated rings. The zero-order valence-electron chi connectivity index (χ0n) is 34.1. The monoisotopic (exact) mass is 796 g/mol. The molecule has 0 bridgehead atoms. The standard InChI is InChI=1S/C42H68O14/c1-37(2)14-15-42(36(52)56-35-33(51)31(49)29(47)23(19-44)54-35)21(16-37)20-8-9-25-39(5)12-11-27(55-34-32(50)30(48)28(46)22(18-43)53-34)38(3,4)24(39)10-13-40(25,6)41(20,7)17-26(42)45/h8,21-35,43-51H,9-19H2,1-7H3/t21-,22+,23+,24?,25?,26+,27?,28+,29+,30-,31-,32+,33+,34-,35-,39-,40+,41+,42+/m0/s1. The summed E-state index contributed by atoms with van der Waals surface area (Å²) in [5.41, 5.74) is -1.53. The maximum Gasteiger partial charge on any atom is 0.317 e. The summed E-state index contributed by atoms with van der Waals surface area (Å²) in [5.74, 6) is -0.627. The number of hydrogen-bond acceptors (Lipinski definition) is 14. The van der Waals surface area contributed by atoms with Gasteiger partial charge in [-0.3, -0.25) is 4.79 Å². The SMILES string of the molecule is CC1(C)CC[C@]2(C(=O)O[C@@H]3O[C@H](CO)[C@@H](O)[C@H](O)[C@H]3O)[C@H](O)C[C@]3(C)C(=CCC4[C@@]5(C)CCC(O[C@@H]6O[C@H](CO)[C@@H](O)[C@H](O)[C@H]6O)C(C)(C)C5CC[C@]43C)[C@@H]2C1. The normalized spacial score (nSPS) is 53.7. The van der Waals surface area contributed by atoms with E-state index in [4.69, 9.17) is 18.9 Å². The van der Waals surface area contributed by atoms with Gasteiger partial charge < -0.3 is 64.9 Å². The van der Waals surface area contributed by atoms with Gasteiger partial charge in [-0.1, -0.05) is 60.1 Å². The maximum atomic E-state index is 14.6. The quantitative estimate of drug-likeness (QED) is 0.105. The number of rotatable bonds is 6. The average Bonchev–Trinajstić information content (AvgIpc) is 3.13. The second kappa shape index (κ2) is 14.4. The third-order valence-electron chi connectivity index (χ3n) is 17.2. The van der Waals surface area contributed by atoms with Crippen LogP contribution in [0.25, 0.3) is 0 Å². The van der Waals surface area contributed by atoms with E-state index < -0.39 is 97.5 Å². The molecule has 2 saturated heterocycles. The Labute approximate surface area is 330 Å². The molecule has 3 unspecified atom stereocenters. The summed E-state index contributed by atoms with van der Waals surface area (Å²) in [5, 5.41) is 95.2. The molecule has 2 heterocycles. The fraction of sp³-hybridized carbons (Fsp3) is 0.929. The van der Waals surface area contributed by atoms with Crippen molar-refractivity contribution in [3.05, 3.63) is 11.6 Å². The molecule has 5 aliphatic carbocycles. The molecule has 0 amide bonds. The number of ether oxygens (including phenoxy) is 4. The summed E-state index contributed by atoms with van der Waals surface area (Å²) in [7, 11) is 0. The number of carbonyl (C=O) groups is 1. The van der Waals surface area contributed by atoms with Crippen LogP contribution in [0, 0.1) is 50.2 Å². The van der Waals surface area contributed by atoms with Gasteiger partial charge in [0, 0.05) is 0 Å². The third kappa shape index (κ3) is 6.13. The van der Waals surface area contributed by atoms with E-state index >= 15 is 0 Å². The van der Waals surface area contributed by atoms with E-state index in [-0.39, 0.29) is 45.5 Å². The van der Waals surface area contributed by atoms with Crippen molar-refractivity contribution in [2.24, 2.45) is 50.2 Å². The molecule has 19 atom stereocenters. The number of fused-ring (bicyclic) bond motifs is 7. The Bertz CT molecular complexity index is 1520. The van der Waals surface area contributed by atoms with Crippen molar-refractivity contribution in [3.63, 3.8) is 0 Å². The molecule has 7 aliphatic rings. The van der Waals surface area contributed by atoms with Crippen LogP contribution in [0.15, 0.2) is 11.6 Å². The van der Waals surface area contributed by atoms with E-state index in [1.54, 1.807) is 0 Å². The van der Waals surface area contributed by atoms with E-state index in [0.29, 0.717) is 32.1 Å². The minimum atomic E-state index is -1.75. The molecular formula is C42H68O14. The minimum Gasteiger partial charge on any atom is -0.432 e. The van der Waals surface area contributed by atoms with Gasteiger partial charge in [-0.05, 0) is 103 Å². The summed E-state index contributed by atoms with van der Waals surface area (Å²) in [6, 6.07) is 0. The first-order valence-electron chi connectivity index (χ1n) is 20.9. The van der Waals surface area contributed by atoms with Crippen LogP contribution in [0.3, 0.4) is 0 Å². The van der Waals surface area contributed by atoms with E-state index in [1.807, 2.05) is 0 Å². The fourth-order valence-corrected chi connectivity index (χ4v) is 13.7. The molecule has 320 valence electrons. The molecule has 14 heteroatoms. The molecular weight excluding hydrogens is 728 g/mol. The van der Waals surface area contributed by atoms with Gasteiger partial charge in [0.2, 0.25) is 6.29 Å². The molecule has 9 N–H and O–H groups in total. The van der Waals surface area contributed by atoms with E-state index in [2.05, 4.69) is 54.5 Å². The highest BCUT2D eigenvalue weighted by Crippen LogP contribution is 2.76. The lowest BCUT2D eigenvalue weighted by Gasteiger charge is -2.71. The zero-order chi connectivity index (χ0) is 41.1. The van der Waals surface area contributed by atoms with Gasteiger partial charge >= 0.3 is 5.97 Å². The van der Waals surface area contributed by atoms with Crippen molar-refractivity contribution in [2.75, 3.05) is 13.2 Å². The number of aliphatic hydroxyl groups is 9. The topological polar surface area (TPSA) is 236 Å². The number of hydrogen-bond donors (Lipinski definition) is 9. The summed E-state index contributed by atoms with van der Waals surface area (Å²) in [6.45, 7) is 14.6. The van der Waals surface area contributed by atoms with Gasteiger partial charge in [0.05, 0.1) is 25.4 Å². The smallest absolute Gasteiger partial charge is 0.317 e. The highest BCUT2D eigenvalue weighted by molar-refractivity contribution is 5.80. The second-order valence-corrected chi connectivity index (χ2v) is 20.8. The average molecular weight is 797 g/mol. The fourth-order valence-electron chi connectivity index (χ4n) is 13.7. The number of aliphatic hydroxyl groups excluding tert-OH is 9. The van der Waals surface area contributed by atoms with Crippen LogP contribution in [-0.4, -0.2) is 139 Å². The Balaban J connectivity index is 1.18. The number of carbonyl (C=O) groups excluding carboxylic acids is 1. The zero-order valence-corrected chi connectivity index (χ0v) is 34.1. The van der Waals surface area contributed by atoms with Crippen LogP contribution in [0.5, 0.6) is 0 Å². The molecule has 4 saturated carbocycles. The summed E-state index contributed by atoms with van der Waals surface area (Å²) in [4.78, 5) is 14.6. The van der Waals surface area contributed by atoms with Crippen LogP contribution < -0.4 is 0 Å². The van der Waals surface area contributed by atoms with Crippen molar-refractivity contribution < 1.29 is 69.7 Å². The molecule has 2 aliphatic heterocycles. The largest absolute Gasteiger partial charge is 0.432 e. The van der Waals surface area contributed by atoms with Crippen LogP contribution in [0.2, 0.25) is 0 Å². The van der Waals surface area contributed by atoms with Gasteiger partial charge in [-0.15, -0.1) is 0 Å². The molecule has 0 aromatic heterocycles. The molecule has 0 radical (unpaired) electrons. The second-order valence-electron chi connectivity index (χ2n) is 20.8. The lowest BCUT2D eigenvalue weighted by atomic mass is 9.33. The Morgan fingerprint density at radius 2 is 1.30 bits per heavy atom. The van der Waals surface area contributed by atoms with Gasteiger partial charge in [-0.25, -0.2) is 0 Å². The summed E-state index contributed by atoms with van der Waals surface area (Å²) in [6.07, 6.45) is -7.67. The highest BCUT2D eigenvalue weighted by atomic mass is 16.7. The molecule has 14 nitrogen and oxygen atoms in total. The van der Waals surface area contributed by atoms with Gasteiger partial charge in [0.1, 0.15) is 54.2 Å². The van der Waals surface area contributed by atoms with Crippen molar-refractivity contribution in [1.82, 2.24) is 0 Å². The van der Waals surface area contributed by atoms with Crippen LogP contribution in [0.4, 0.5) is 0 Å². The molecule has 56 heavy (non-hydrogen) atoms. The van der Waals surface area contributed by atoms with Crippen molar-refractivity contribution in [3.8, 4) is 0 Å².